The van der Waals surface area contributed by atoms with Gasteiger partial charge < -0.3 is 0 Å². The summed E-state index contributed by atoms with van der Waals surface area (Å²) in [6, 6.07) is 0. The molecule has 0 aromatic carbocycles. The molecule has 0 aliphatic rings. The van der Waals surface area contributed by atoms with Gasteiger partial charge in [0.05, 0.1) is 5.56 Å². The van der Waals surface area contributed by atoms with Crippen LogP contribution in [0, 0.1) is 0 Å². The number of carbonyl (C=O) groups excluding carboxylic acids is 1. The Morgan fingerprint density at radius 3 is 2.53 bits per heavy atom. The van der Waals surface area contributed by atoms with Gasteiger partial charge in [0.15, 0.2) is 5.16 Å². The molecule has 8 heteroatoms. The molecule has 0 amide bonds. The molecule has 1 aromatic rings. The van der Waals surface area contributed by atoms with E-state index in [1.54, 1.807) is 6.26 Å². The maximum atomic E-state index is 12.0. The normalized spacial score (nSPS) is 11.5. The van der Waals surface area contributed by atoms with Crippen LogP contribution < -0.4 is 0 Å². The zero-order valence-electron chi connectivity index (χ0n) is 7.30. The number of Topliss-reactive ketones (excluding diaryl/α,β-unsaturated/α-hetero) is 1. The van der Waals surface area contributed by atoms with Gasteiger partial charge in [0.2, 0.25) is 0 Å². The summed E-state index contributed by atoms with van der Waals surface area (Å²) in [4.78, 5) is 17.9. The van der Waals surface area contributed by atoms with Crippen LogP contribution in [0.4, 0.5) is 13.2 Å². The predicted molar refractivity (Wildman–Crippen MR) is 49.2 cm³/mol. The monoisotopic (exact) mass is 256 g/mol. The number of halogens is 4. The van der Waals surface area contributed by atoms with Crippen LogP contribution in [0.15, 0.2) is 11.4 Å². The lowest BCUT2D eigenvalue weighted by atomic mass is 10.2. The lowest BCUT2D eigenvalue weighted by Crippen LogP contribution is -2.23. The molecule has 0 aliphatic carbocycles. The van der Waals surface area contributed by atoms with Crippen molar-refractivity contribution in [3.05, 3.63) is 16.9 Å². The average Bonchev–Trinajstić information content (AvgIpc) is 2.15. The number of hydrogen-bond donors (Lipinski definition) is 0. The van der Waals surface area contributed by atoms with Crippen molar-refractivity contribution >= 4 is 29.1 Å². The number of carbonyl (C=O) groups is 1. The highest BCUT2D eigenvalue weighted by Gasteiger charge is 2.40. The van der Waals surface area contributed by atoms with Gasteiger partial charge in [0.1, 0.15) is 5.15 Å². The fraction of sp³-hybridized carbons (Fsp3) is 0.286. The Labute approximate surface area is 92.1 Å². The third-order valence-corrected chi connectivity index (χ3v) is 2.25. The van der Waals surface area contributed by atoms with Crippen molar-refractivity contribution in [2.45, 2.75) is 11.3 Å². The van der Waals surface area contributed by atoms with Crippen LogP contribution >= 0.6 is 23.4 Å². The Morgan fingerprint density at radius 2 is 2.13 bits per heavy atom. The zero-order chi connectivity index (χ0) is 11.6. The third kappa shape index (κ3) is 2.82. The highest BCUT2D eigenvalue weighted by molar-refractivity contribution is 7.98. The van der Waals surface area contributed by atoms with Crippen LogP contribution in [-0.2, 0) is 0 Å². The van der Waals surface area contributed by atoms with Gasteiger partial charge in [-0.05, 0) is 6.26 Å². The van der Waals surface area contributed by atoms with Crippen molar-refractivity contribution in [1.82, 2.24) is 9.97 Å². The van der Waals surface area contributed by atoms with Crippen LogP contribution in [0.25, 0.3) is 0 Å². The fourth-order valence-electron chi connectivity index (χ4n) is 0.749. The molecule has 0 saturated heterocycles. The Kier molecular flexibility index (Phi) is 3.56. The summed E-state index contributed by atoms with van der Waals surface area (Å²) in [7, 11) is 0. The van der Waals surface area contributed by atoms with E-state index in [-0.39, 0.29) is 5.16 Å². The molecule has 15 heavy (non-hydrogen) atoms. The highest BCUT2D eigenvalue weighted by Crippen LogP contribution is 2.25. The summed E-state index contributed by atoms with van der Waals surface area (Å²) in [6.07, 6.45) is -2.55. The summed E-state index contributed by atoms with van der Waals surface area (Å²) in [5.74, 6) is -2.04. The molecule has 0 spiro atoms. The molecule has 1 heterocycles. The topological polar surface area (TPSA) is 42.9 Å². The maximum Gasteiger partial charge on any atom is 0.455 e. The second-order valence-corrected chi connectivity index (χ2v) is 3.52. The average molecular weight is 257 g/mol. The molecular formula is C7H4ClF3N2OS. The summed E-state index contributed by atoms with van der Waals surface area (Å²) < 4.78 is 36.1. The quantitative estimate of drug-likeness (QED) is 0.353. The van der Waals surface area contributed by atoms with E-state index in [2.05, 4.69) is 9.97 Å². The Hall–Kier alpha value is -0.820. The standard InChI is InChI=1S/C7H4ClF3N2OS/c1-15-6-12-2-3(5(8)13-6)4(14)7(9,10)11/h2H,1H3. The molecule has 1 aromatic heterocycles. The van der Waals surface area contributed by atoms with E-state index in [0.717, 1.165) is 18.0 Å². The van der Waals surface area contributed by atoms with Crippen molar-refractivity contribution in [3.63, 3.8) is 0 Å². The van der Waals surface area contributed by atoms with Gasteiger partial charge in [-0.25, -0.2) is 9.97 Å². The van der Waals surface area contributed by atoms with Crippen LogP contribution in [0.3, 0.4) is 0 Å². The molecule has 0 unspecified atom stereocenters. The number of nitrogens with zero attached hydrogens (tertiary/aromatic N) is 2. The van der Waals surface area contributed by atoms with Crippen LogP contribution in [-0.4, -0.2) is 28.2 Å². The molecule has 3 nitrogen and oxygen atoms in total. The molecule has 0 N–H and O–H groups in total. The smallest absolute Gasteiger partial charge is 0.284 e. The van der Waals surface area contributed by atoms with Gasteiger partial charge >= 0.3 is 6.18 Å². The summed E-state index contributed by atoms with van der Waals surface area (Å²) in [6.45, 7) is 0. The Balaban J connectivity index is 3.12. The number of ketones is 1. The Morgan fingerprint density at radius 1 is 1.53 bits per heavy atom. The van der Waals surface area contributed by atoms with Gasteiger partial charge in [-0.1, -0.05) is 23.4 Å². The van der Waals surface area contributed by atoms with E-state index in [9.17, 15) is 18.0 Å². The van der Waals surface area contributed by atoms with Crippen LogP contribution in [0.2, 0.25) is 5.15 Å². The minimum atomic E-state index is -4.96. The van der Waals surface area contributed by atoms with Gasteiger partial charge in [-0.15, -0.1) is 0 Å². The lowest BCUT2D eigenvalue weighted by molar-refractivity contribution is -0.0885. The summed E-state index contributed by atoms with van der Waals surface area (Å²) in [5, 5.41) is -0.282. The van der Waals surface area contributed by atoms with Crippen molar-refractivity contribution in [3.8, 4) is 0 Å². The van der Waals surface area contributed by atoms with Crippen molar-refractivity contribution < 1.29 is 18.0 Å². The molecule has 82 valence electrons. The molecule has 0 aliphatic heterocycles. The van der Waals surface area contributed by atoms with Gasteiger partial charge in [0, 0.05) is 6.20 Å². The van der Waals surface area contributed by atoms with Crippen molar-refractivity contribution in [1.29, 1.82) is 0 Å². The van der Waals surface area contributed by atoms with E-state index in [4.69, 9.17) is 11.6 Å². The first-order chi connectivity index (χ1) is 6.86. The molecular weight excluding hydrogens is 253 g/mol. The molecule has 0 fully saturated rings. The van der Waals surface area contributed by atoms with Crippen molar-refractivity contribution in [2.24, 2.45) is 0 Å². The number of alkyl halides is 3. The van der Waals surface area contributed by atoms with Crippen molar-refractivity contribution in [2.75, 3.05) is 6.26 Å². The summed E-state index contributed by atoms with van der Waals surface area (Å²) in [5.41, 5.74) is -0.734. The fourth-order valence-corrected chi connectivity index (χ4v) is 1.35. The number of thioether (sulfide) groups is 1. The first kappa shape index (κ1) is 12.3. The maximum absolute atomic E-state index is 12.0. The van der Waals surface area contributed by atoms with Gasteiger partial charge in [-0.2, -0.15) is 13.2 Å². The third-order valence-electron chi connectivity index (χ3n) is 1.40. The summed E-state index contributed by atoms with van der Waals surface area (Å²) >= 11 is 6.54. The van der Waals surface area contributed by atoms with E-state index < -0.39 is 22.7 Å². The number of aromatic nitrogens is 2. The van der Waals surface area contributed by atoms with E-state index in [1.165, 1.54) is 0 Å². The first-order valence-corrected chi connectivity index (χ1v) is 5.14. The van der Waals surface area contributed by atoms with Crippen LogP contribution in [0.5, 0.6) is 0 Å². The molecule has 0 bridgehead atoms. The highest BCUT2D eigenvalue weighted by atomic mass is 35.5. The zero-order valence-corrected chi connectivity index (χ0v) is 8.87. The molecule has 0 atom stereocenters. The number of hydrogen-bond acceptors (Lipinski definition) is 4. The predicted octanol–water partition coefficient (Wildman–Crippen LogP) is 2.60. The second kappa shape index (κ2) is 4.36. The number of rotatable bonds is 2. The van der Waals surface area contributed by atoms with Gasteiger partial charge in [0.25, 0.3) is 5.78 Å². The molecule has 0 radical (unpaired) electrons. The largest absolute Gasteiger partial charge is 0.455 e. The molecule has 1 rings (SSSR count). The van der Waals surface area contributed by atoms with E-state index >= 15 is 0 Å². The molecule has 0 saturated carbocycles. The first-order valence-electron chi connectivity index (χ1n) is 3.54. The lowest BCUT2D eigenvalue weighted by Gasteiger charge is -2.06. The Bertz CT molecular complexity index is 396. The minimum absolute atomic E-state index is 0.207. The van der Waals surface area contributed by atoms with Crippen LogP contribution in [0.1, 0.15) is 10.4 Å². The minimum Gasteiger partial charge on any atom is -0.284 e. The van der Waals surface area contributed by atoms with E-state index in [1.807, 2.05) is 0 Å². The van der Waals surface area contributed by atoms with Gasteiger partial charge in [-0.3, -0.25) is 4.79 Å². The SMILES string of the molecule is CSc1ncc(C(=O)C(F)(F)F)c(Cl)n1. The van der Waals surface area contributed by atoms with E-state index in [0.29, 0.717) is 0 Å². The second-order valence-electron chi connectivity index (χ2n) is 2.39.